The van der Waals surface area contributed by atoms with E-state index in [9.17, 15) is 13.2 Å². The average molecular weight is 391 g/mol. The van der Waals surface area contributed by atoms with E-state index in [1.165, 1.54) is 12.3 Å². The van der Waals surface area contributed by atoms with E-state index in [1.807, 2.05) is 48.5 Å². The van der Waals surface area contributed by atoms with Gasteiger partial charge in [0.1, 0.15) is 5.75 Å². The lowest BCUT2D eigenvalue weighted by atomic mass is 10.2. The van der Waals surface area contributed by atoms with Crippen LogP contribution in [0.2, 0.25) is 5.02 Å². The predicted molar refractivity (Wildman–Crippen MR) is 99.9 cm³/mol. The summed E-state index contributed by atoms with van der Waals surface area (Å²) in [5, 5.41) is 2.94. The maximum Gasteiger partial charge on any atom is 0.417 e. The number of hydrogen-bond donors (Lipinski definition) is 1. The summed E-state index contributed by atoms with van der Waals surface area (Å²) in [5.41, 5.74) is 0.0125. The van der Waals surface area contributed by atoms with Gasteiger partial charge in [-0.1, -0.05) is 41.9 Å². The third-order valence-corrected chi connectivity index (χ3v) is 3.84. The van der Waals surface area contributed by atoms with Crippen molar-refractivity contribution < 1.29 is 17.9 Å². The number of benzene rings is 2. The molecule has 2 aromatic carbocycles. The minimum absolute atomic E-state index is 0.0864. The molecule has 1 aromatic heterocycles. The standard InChI is InChI=1S/C20H14ClF3N2O/c21-16-12-14(20(22,23)24)13-26-17(16)10-11-25-18-8-4-5-9-19(18)27-15-6-2-1-3-7-15/h1-13,25H/b11-10-. The molecule has 0 bridgehead atoms. The molecule has 1 N–H and O–H groups in total. The van der Waals surface area contributed by atoms with Gasteiger partial charge in [-0.05, 0) is 36.4 Å². The minimum atomic E-state index is -4.48. The number of rotatable bonds is 5. The van der Waals surface area contributed by atoms with Gasteiger partial charge in [-0.15, -0.1) is 0 Å². The predicted octanol–water partition coefficient (Wildman–Crippen LogP) is 6.63. The van der Waals surface area contributed by atoms with Crippen LogP contribution in [0, 0.1) is 0 Å². The van der Waals surface area contributed by atoms with Gasteiger partial charge in [0.05, 0.1) is 22.0 Å². The van der Waals surface area contributed by atoms with Gasteiger partial charge in [-0.3, -0.25) is 4.98 Å². The number of nitrogens with one attached hydrogen (secondary N) is 1. The molecule has 0 saturated carbocycles. The summed E-state index contributed by atoms with van der Waals surface area (Å²) in [7, 11) is 0. The van der Waals surface area contributed by atoms with Crippen LogP contribution in [0.1, 0.15) is 11.3 Å². The first kappa shape index (κ1) is 18.8. The molecule has 138 valence electrons. The van der Waals surface area contributed by atoms with Gasteiger partial charge in [0.2, 0.25) is 0 Å². The Labute approximate surface area is 159 Å². The lowest BCUT2D eigenvalue weighted by Crippen LogP contribution is -2.05. The molecule has 1 heterocycles. The molecule has 27 heavy (non-hydrogen) atoms. The zero-order chi connectivity index (χ0) is 19.3. The van der Waals surface area contributed by atoms with E-state index in [0.29, 0.717) is 17.2 Å². The van der Waals surface area contributed by atoms with Gasteiger partial charge in [0, 0.05) is 12.4 Å². The first-order valence-electron chi connectivity index (χ1n) is 7.91. The number of hydrogen-bond acceptors (Lipinski definition) is 3. The van der Waals surface area contributed by atoms with Crippen molar-refractivity contribution in [3.63, 3.8) is 0 Å². The zero-order valence-corrected chi connectivity index (χ0v) is 14.6. The number of pyridine rings is 1. The fourth-order valence-electron chi connectivity index (χ4n) is 2.23. The lowest BCUT2D eigenvalue weighted by molar-refractivity contribution is -0.137. The summed E-state index contributed by atoms with van der Waals surface area (Å²) in [6.45, 7) is 0. The number of para-hydroxylation sites is 3. The van der Waals surface area contributed by atoms with Crippen molar-refractivity contribution in [2.45, 2.75) is 6.18 Å². The Hall–Kier alpha value is -2.99. The smallest absolute Gasteiger partial charge is 0.417 e. The van der Waals surface area contributed by atoms with Crippen LogP contribution >= 0.6 is 11.6 Å². The highest BCUT2D eigenvalue weighted by atomic mass is 35.5. The first-order valence-corrected chi connectivity index (χ1v) is 8.29. The average Bonchev–Trinajstić information content (AvgIpc) is 2.64. The van der Waals surface area contributed by atoms with Crippen LogP contribution in [0.5, 0.6) is 11.5 Å². The second-order valence-electron chi connectivity index (χ2n) is 5.48. The Morgan fingerprint density at radius 1 is 1.00 bits per heavy atom. The molecule has 0 fully saturated rings. The van der Waals surface area contributed by atoms with Crippen molar-refractivity contribution >= 4 is 23.4 Å². The fourth-order valence-corrected chi connectivity index (χ4v) is 2.46. The number of anilines is 1. The summed E-state index contributed by atoms with van der Waals surface area (Å²) in [5.74, 6) is 1.28. The second kappa shape index (κ2) is 8.14. The van der Waals surface area contributed by atoms with Gasteiger partial charge in [-0.2, -0.15) is 13.2 Å². The topological polar surface area (TPSA) is 34.2 Å². The van der Waals surface area contributed by atoms with Crippen LogP contribution < -0.4 is 10.1 Å². The Morgan fingerprint density at radius 3 is 2.41 bits per heavy atom. The second-order valence-corrected chi connectivity index (χ2v) is 5.88. The largest absolute Gasteiger partial charge is 0.455 e. The number of halogens is 4. The van der Waals surface area contributed by atoms with Gasteiger partial charge in [0.25, 0.3) is 0 Å². The molecule has 3 aromatic rings. The Morgan fingerprint density at radius 2 is 1.70 bits per heavy atom. The summed E-state index contributed by atoms with van der Waals surface area (Å²) in [4.78, 5) is 3.76. The summed E-state index contributed by atoms with van der Waals surface area (Å²) in [6, 6.07) is 17.4. The maximum atomic E-state index is 12.7. The molecule has 0 atom stereocenters. The van der Waals surface area contributed by atoms with Crippen LogP contribution in [-0.4, -0.2) is 4.98 Å². The molecule has 0 aliphatic carbocycles. The van der Waals surface area contributed by atoms with E-state index in [2.05, 4.69) is 10.3 Å². The highest BCUT2D eigenvalue weighted by molar-refractivity contribution is 6.31. The monoisotopic (exact) mass is 390 g/mol. The summed E-state index contributed by atoms with van der Waals surface area (Å²) < 4.78 is 43.8. The number of ether oxygens (including phenoxy) is 1. The van der Waals surface area contributed by atoms with Crippen LogP contribution in [0.25, 0.3) is 6.08 Å². The molecule has 0 amide bonds. The molecule has 0 radical (unpaired) electrons. The Balaban J connectivity index is 1.74. The van der Waals surface area contributed by atoms with Gasteiger partial charge in [0.15, 0.2) is 5.75 Å². The van der Waals surface area contributed by atoms with E-state index in [-0.39, 0.29) is 10.7 Å². The number of nitrogens with zero attached hydrogens (tertiary/aromatic N) is 1. The molecular formula is C20H14ClF3N2O. The maximum absolute atomic E-state index is 12.7. The van der Waals surface area contributed by atoms with Crippen LogP contribution in [0.15, 0.2) is 73.1 Å². The van der Waals surface area contributed by atoms with Gasteiger partial charge in [-0.25, -0.2) is 0 Å². The minimum Gasteiger partial charge on any atom is -0.455 e. The highest BCUT2D eigenvalue weighted by Gasteiger charge is 2.31. The third-order valence-electron chi connectivity index (χ3n) is 3.54. The zero-order valence-electron chi connectivity index (χ0n) is 13.9. The van der Waals surface area contributed by atoms with Crippen LogP contribution in [-0.2, 0) is 6.18 Å². The van der Waals surface area contributed by atoms with Crippen LogP contribution in [0.4, 0.5) is 18.9 Å². The van der Waals surface area contributed by atoms with Crippen molar-refractivity contribution in [1.29, 1.82) is 0 Å². The Kier molecular flexibility index (Phi) is 5.66. The summed E-state index contributed by atoms with van der Waals surface area (Å²) >= 11 is 5.89. The molecule has 7 heteroatoms. The summed E-state index contributed by atoms with van der Waals surface area (Å²) in [6.07, 6.45) is -0.709. The number of alkyl halides is 3. The van der Waals surface area contributed by atoms with Crippen LogP contribution in [0.3, 0.4) is 0 Å². The molecule has 0 spiro atoms. The van der Waals surface area contributed by atoms with Crippen molar-refractivity contribution in [1.82, 2.24) is 4.98 Å². The molecule has 3 rings (SSSR count). The van der Waals surface area contributed by atoms with Gasteiger partial charge < -0.3 is 10.1 Å². The van der Waals surface area contributed by atoms with E-state index in [0.717, 1.165) is 12.3 Å². The Bertz CT molecular complexity index is 943. The van der Waals surface area contributed by atoms with E-state index < -0.39 is 11.7 Å². The van der Waals surface area contributed by atoms with Crippen molar-refractivity contribution in [2.75, 3.05) is 5.32 Å². The molecule has 0 saturated heterocycles. The number of aromatic nitrogens is 1. The van der Waals surface area contributed by atoms with Crippen molar-refractivity contribution in [3.8, 4) is 11.5 Å². The SMILES string of the molecule is FC(F)(F)c1cnc(/C=C\Nc2ccccc2Oc2ccccc2)c(Cl)c1. The van der Waals surface area contributed by atoms with E-state index in [4.69, 9.17) is 16.3 Å². The normalized spacial score (nSPS) is 11.6. The molecule has 0 aliphatic rings. The molecule has 0 aliphatic heterocycles. The molecule has 3 nitrogen and oxygen atoms in total. The lowest BCUT2D eigenvalue weighted by Gasteiger charge is -2.11. The molecule has 0 unspecified atom stereocenters. The highest BCUT2D eigenvalue weighted by Crippen LogP contribution is 2.32. The fraction of sp³-hybridized carbons (Fsp3) is 0.0500. The van der Waals surface area contributed by atoms with E-state index >= 15 is 0 Å². The first-order chi connectivity index (χ1) is 12.9. The van der Waals surface area contributed by atoms with E-state index in [1.54, 1.807) is 6.07 Å². The van der Waals surface area contributed by atoms with Gasteiger partial charge >= 0.3 is 6.18 Å². The molecular weight excluding hydrogens is 377 g/mol. The van der Waals surface area contributed by atoms with Crippen molar-refractivity contribution in [2.24, 2.45) is 0 Å². The quantitative estimate of drug-likeness (QED) is 0.531. The van der Waals surface area contributed by atoms with Crippen molar-refractivity contribution in [3.05, 3.63) is 89.3 Å². The third kappa shape index (κ3) is 5.01.